The van der Waals surface area contributed by atoms with Gasteiger partial charge in [0, 0.05) is 23.5 Å². The Balaban J connectivity index is 2.17. The van der Waals surface area contributed by atoms with E-state index >= 15 is 0 Å². The van der Waals surface area contributed by atoms with Crippen LogP contribution in [0.2, 0.25) is 5.02 Å². The number of amides is 1. The summed E-state index contributed by atoms with van der Waals surface area (Å²) in [5.74, 6) is -0.115. The fourth-order valence-electron chi connectivity index (χ4n) is 1.86. The second-order valence-corrected chi connectivity index (χ2v) is 5.24. The summed E-state index contributed by atoms with van der Waals surface area (Å²) in [5.41, 5.74) is 3.26. The lowest BCUT2D eigenvalue weighted by Gasteiger charge is -2.11. The van der Waals surface area contributed by atoms with Gasteiger partial charge in [0.2, 0.25) is 0 Å². The summed E-state index contributed by atoms with van der Waals surface area (Å²) in [5, 5.41) is 6.73. The normalized spacial score (nSPS) is 10.2. The minimum Gasteiger partial charge on any atom is -0.354 e. The van der Waals surface area contributed by atoms with Gasteiger partial charge in [0.1, 0.15) is 0 Å². The zero-order chi connectivity index (χ0) is 15.2. The molecule has 1 aromatic heterocycles. The number of anilines is 2. The largest absolute Gasteiger partial charge is 0.354 e. The van der Waals surface area contributed by atoms with Crippen molar-refractivity contribution in [3.63, 3.8) is 0 Å². The molecule has 0 aliphatic heterocycles. The van der Waals surface area contributed by atoms with E-state index in [0.29, 0.717) is 17.1 Å². The predicted molar refractivity (Wildman–Crippen MR) is 86.3 cm³/mol. The standard InChI is InChI=1S/C16H18ClN3O/c1-3-6-19-16(21)12-7-14(10-18-9-12)20-15-8-13(17)5-4-11(15)2/h4-5,7-10,20H,3,6H2,1-2H3,(H,19,21). The van der Waals surface area contributed by atoms with E-state index in [0.717, 1.165) is 23.4 Å². The van der Waals surface area contributed by atoms with Crippen LogP contribution in [0.4, 0.5) is 11.4 Å². The van der Waals surface area contributed by atoms with Crippen LogP contribution in [0, 0.1) is 6.92 Å². The number of nitrogens with zero attached hydrogens (tertiary/aromatic N) is 1. The number of carbonyl (C=O) groups is 1. The average molecular weight is 304 g/mol. The molecule has 2 aromatic rings. The van der Waals surface area contributed by atoms with Crippen LogP contribution in [0.3, 0.4) is 0 Å². The van der Waals surface area contributed by atoms with E-state index in [-0.39, 0.29) is 5.91 Å². The van der Waals surface area contributed by atoms with Crippen LogP contribution in [0.1, 0.15) is 29.3 Å². The van der Waals surface area contributed by atoms with Crippen LogP contribution >= 0.6 is 11.6 Å². The summed E-state index contributed by atoms with van der Waals surface area (Å²) in [7, 11) is 0. The molecule has 0 saturated heterocycles. The van der Waals surface area contributed by atoms with E-state index in [1.165, 1.54) is 0 Å². The first-order valence-electron chi connectivity index (χ1n) is 6.86. The molecule has 0 bridgehead atoms. The molecule has 0 aliphatic carbocycles. The zero-order valence-electron chi connectivity index (χ0n) is 12.1. The zero-order valence-corrected chi connectivity index (χ0v) is 12.9. The van der Waals surface area contributed by atoms with E-state index < -0.39 is 0 Å². The number of aromatic nitrogens is 1. The summed E-state index contributed by atoms with van der Waals surface area (Å²) in [6, 6.07) is 7.41. The number of carbonyl (C=O) groups excluding carboxylic acids is 1. The molecule has 0 atom stereocenters. The van der Waals surface area contributed by atoms with Crippen molar-refractivity contribution in [2.45, 2.75) is 20.3 Å². The van der Waals surface area contributed by atoms with Crippen LogP contribution in [0.25, 0.3) is 0 Å². The molecular formula is C16H18ClN3O. The van der Waals surface area contributed by atoms with Gasteiger partial charge in [-0.2, -0.15) is 0 Å². The van der Waals surface area contributed by atoms with E-state index in [1.807, 2.05) is 32.0 Å². The maximum absolute atomic E-state index is 11.9. The Morgan fingerprint density at radius 1 is 1.29 bits per heavy atom. The van der Waals surface area contributed by atoms with E-state index in [1.54, 1.807) is 18.5 Å². The van der Waals surface area contributed by atoms with Gasteiger partial charge in [0.25, 0.3) is 5.91 Å². The van der Waals surface area contributed by atoms with Gasteiger partial charge >= 0.3 is 0 Å². The first kappa shape index (κ1) is 15.3. The Labute approximate surface area is 129 Å². The SMILES string of the molecule is CCCNC(=O)c1cncc(Nc2cc(Cl)ccc2C)c1. The van der Waals surface area contributed by atoms with Gasteiger partial charge in [-0.25, -0.2) is 0 Å². The van der Waals surface area contributed by atoms with Gasteiger partial charge in [-0.3, -0.25) is 9.78 Å². The third kappa shape index (κ3) is 4.20. The quantitative estimate of drug-likeness (QED) is 0.880. The molecule has 0 radical (unpaired) electrons. The second kappa shape index (κ2) is 7.09. The highest BCUT2D eigenvalue weighted by atomic mass is 35.5. The first-order chi connectivity index (χ1) is 10.1. The van der Waals surface area contributed by atoms with Crippen molar-refractivity contribution >= 4 is 28.9 Å². The van der Waals surface area contributed by atoms with Crippen LogP contribution in [0.15, 0.2) is 36.7 Å². The van der Waals surface area contributed by atoms with E-state index in [9.17, 15) is 4.79 Å². The molecule has 0 unspecified atom stereocenters. The monoisotopic (exact) mass is 303 g/mol. The molecule has 0 aliphatic rings. The topological polar surface area (TPSA) is 54.0 Å². The number of aryl methyl sites for hydroxylation is 1. The number of benzene rings is 1. The van der Waals surface area contributed by atoms with Gasteiger partial charge < -0.3 is 10.6 Å². The smallest absolute Gasteiger partial charge is 0.252 e. The van der Waals surface area contributed by atoms with Crippen molar-refractivity contribution < 1.29 is 4.79 Å². The highest BCUT2D eigenvalue weighted by Crippen LogP contribution is 2.24. The fourth-order valence-corrected chi connectivity index (χ4v) is 2.03. The minimum atomic E-state index is -0.115. The highest BCUT2D eigenvalue weighted by Gasteiger charge is 2.07. The summed E-state index contributed by atoms with van der Waals surface area (Å²) in [6.45, 7) is 4.66. The minimum absolute atomic E-state index is 0.115. The Morgan fingerprint density at radius 3 is 2.86 bits per heavy atom. The summed E-state index contributed by atoms with van der Waals surface area (Å²) < 4.78 is 0. The third-order valence-corrected chi connectivity index (χ3v) is 3.25. The lowest BCUT2D eigenvalue weighted by atomic mass is 10.2. The number of hydrogen-bond acceptors (Lipinski definition) is 3. The molecule has 0 spiro atoms. The van der Waals surface area contributed by atoms with Crippen molar-refractivity contribution in [3.8, 4) is 0 Å². The summed E-state index contributed by atoms with van der Waals surface area (Å²) in [6.07, 6.45) is 4.14. The average Bonchev–Trinajstić information content (AvgIpc) is 2.49. The van der Waals surface area contributed by atoms with Crippen molar-refractivity contribution in [2.24, 2.45) is 0 Å². The third-order valence-electron chi connectivity index (χ3n) is 3.01. The molecular weight excluding hydrogens is 286 g/mol. The highest BCUT2D eigenvalue weighted by molar-refractivity contribution is 6.30. The van der Waals surface area contributed by atoms with E-state index in [2.05, 4.69) is 15.6 Å². The molecule has 1 heterocycles. The summed E-state index contributed by atoms with van der Waals surface area (Å²) >= 11 is 6.00. The van der Waals surface area contributed by atoms with Crippen LogP contribution < -0.4 is 10.6 Å². The van der Waals surface area contributed by atoms with Gasteiger partial charge in [-0.15, -0.1) is 0 Å². The van der Waals surface area contributed by atoms with Crippen molar-refractivity contribution in [3.05, 3.63) is 52.8 Å². The molecule has 4 nitrogen and oxygen atoms in total. The molecule has 21 heavy (non-hydrogen) atoms. The Kier molecular flexibility index (Phi) is 5.17. The van der Waals surface area contributed by atoms with Crippen molar-refractivity contribution in [1.82, 2.24) is 10.3 Å². The number of nitrogens with one attached hydrogen (secondary N) is 2. The molecule has 0 fully saturated rings. The van der Waals surface area contributed by atoms with Gasteiger partial charge in [-0.05, 0) is 37.1 Å². The fraction of sp³-hybridized carbons (Fsp3) is 0.250. The first-order valence-corrected chi connectivity index (χ1v) is 7.24. The number of pyridine rings is 1. The van der Waals surface area contributed by atoms with Crippen molar-refractivity contribution in [1.29, 1.82) is 0 Å². The molecule has 2 rings (SSSR count). The predicted octanol–water partition coefficient (Wildman–Crippen LogP) is 3.93. The number of halogens is 1. The lowest BCUT2D eigenvalue weighted by molar-refractivity contribution is 0.0953. The Bertz CT molecular complexity index is 643. The molecule has 110 valence electrons. The van der Waals surface area contributed by atoms with Gasteiger partial charge in [0.05, 0.1) is 17.4 Å². The van der Waals surface area contributed by atoms with Crippen molar-refractivity contribution in [2.75, 3.05) is 11.9 Å². The van der Waals surface area contributed by atoms with Crippen LogP contribution in [-0.4, -0.2) is 17.4 Å². The Morgan fingerprint density at radius 2 is 2.10 bits per heavy atom. The lowest BCUT2D eigenvalue weighted by Crippen LogP contribution is -2.24. The Hall–Kier alpha value is -2.07. The molecule has 1 aromatic carbocycles. The number of hydrogen-bond donors (Lipinski definition) is 2. The van der Waals surface area contributed by atoms with Crippen LogP contribution in [-0.2, 0) is 0 Å². The second-order valence-electron chi connectivity index (χ2n) is 4.80. The molecule has 5 heteroatoms. The van der Waals surface area contributed by atoms with Crippen LogP contribution in [0.5, 0.6) is 0 Å². The summed E-state index contributed by atoms with van der Waals surface area (Å²) in [4.78, 5) is 16.0. The maximum Gasteiger partial charge on any atom is 0.252 e. The maximum atomic E-state index is 11.9. The van der Waals surface area contributed by atoms with E-state index in [4.69, 9.17) is 11.6 Å². The van der Waals surface area contributed by atoms with Gasteiger partial charge in [-0.1, -0.05) is 24.6 Å². The van der Waals surface area contributed by atoms with Gasteiger partial charge in [0.15, 0.2) is 0 Å². The number of rotatable bonds is 5. The molecule has 2 N–H and O–H groups in total. The molecule has 1 amide bonds. The molecule has 0 saturated carbocycles.